The van der Waals surface area contributed by atoms with Gasteiger partial charge in [-0.15, -0.1) is 11.3 Å². The molecule has 2 amide bonds. The molecule has 2 aromatic carbocycles. The molecule has 9 unspecified atom stereocenters. The van der Waals surface area contributed by atoms with E-state index in [1.54, 1.807) is 23.3 Å². The van der Waals surface area contributed by atoms with Gasteiger partial charge in [0.15, 0.2) is 5.78 Å². The zero-order valence-electron chi connectivity index (χ0n) is 31.1. The summed E-state index contributed by atoms with van der Waals surface area (Å²) in [6.07, 6.45) is 12.6. The number of aliphatic hydroxyl groups excluding tert-OH is 1. The number of benzene rings is 2. The maximum Gasteiger partial charge on any atom is 0.317 e. The van der Waals surface area contributed by atoms with Crippen molar-refractivity contribution in [2.24, 2.45) is 33.5 Å². The molecule has 1 aromatic heterocycles. The van der Waals surface area contributed by atoms with Crippen molar-refractivity contribution in [2.75, 3.05) is 26.8 Å². The maximum absolute atomic E-state index is 15.1. The number of allylic oxidation sites excluding steroid dienone is 4. The van der Waals surface area contributed by atoms with Crippen LogP contribution in [-0.2, 0) is 4.74 Å². The summed E-state index contributed by atoms with van der Waals surface area (Å²) in [5.74, 6) is 0.315. The lowest BCUT2D eigenvalue weighted by molar-refractivity contribution is -0.174. The Labute approximate surface area is 312 Å². The number of amides is 2. The fourth-order valence-electron chi connectivity index (χ4n) is 11.9. The van der Waals surface area contributed by atoms with Crippen LogP contribution in [0, 0.1) is 33.5 Å². The van der Waals surface area contributed by atoms with Crippen LogP contribution in [0.1, 0.15) is 93.4 Å². The Morgan fingerprint density at radius 3 is 2.46 bits per heavy atom. The number of rotatable bonds is 10. The predicted molar refractivity (Wildman–Crippen MR) is 206 cm³/mol. The van der Waals surface area contributed by atoms with E-state index < -0.39 is 22.5 Å². The van der Waals surface area contributed by atoms with Crippen molar-refractivity contribution >= 4 is 33.2 Å². The number of Topliss-reactive ketones (excluding diaryl/α,β-unsaturated/α-hetero) is 1. The first-order valence-corrected chi connectivity index (χ1v) is 20.2. The number of methoxy groups -OCH3 is 1. The molecule has 52 heavy (non-hydrogen) atoms. The predicted octanol–water partition coefficient (Wildman–Crippen LogP) is 8.48. The highest BCUT2D eigenvalue weighted by Crippen LogP contribution is 2.78. The van der Waals surface area contributed by atoms with Gasteiger partial charge in [0.1, 0.15) is 0 Å². The van der Waals surface area contributed by atoms with Gasteiger partial charge in [-0.05, 0) is 98.6 Å². The molecule has 3 N–H and O–H groups in total. The Morgan fingerprint density at radius 1 is 0.981 bits per heavy atom. The van der Waals surface area contributed by atoms with E-state index >= 15 is 4.79 Å². The smallest absolute Gasteiger partial charge is 0.317 e. The average Bonchev–Trinajstić information content (AvgIpc) is 3.69. The Morgan fingerprint density at radius 2 is 1.69 bits per heavy atom. The quantitative estimate of drug-likeness (QED) is 0.111. The van der Waals surface area contributed by atoms with Gasteiger partial charge in [0.05, 0.1) is 29.2 Å². The molecule has 3 fully saturated rings. The summed E-state index contributed by atoms with van der Waals surface area (Å²) < 4.78 is 6.48. The molecule has 6 aliphatic carbocycles. The first-order chi connectivity index (χ1) is 24.9. The van der Waals surface area contributed by atoms with Gasteiger partial charge in [-0.25, -0.2) is 4.79 Å². The maximum atomic E-state index is 15.1. The van der Waals surface area contributed by atoms with E-state index in [1.807, 2.05) is 55.5 Å². The number of nitrogens with zero attached hydrogens (tertiary/aromatic N) is 1. The molecule has 9 rings (SSSR count). The summed E-state index contributed by atoms with van der Waals surface area (Å²) in [6, 6.07) is 19.8. The average molecular weight is 723 g/mol. The van der Waals surface area contributed by atoms with Crippen molar-refractivity contribution in [2.45, 2.75) is 89.9 Å². The number of thiophene rings is 1. The number of carbonyl (C=O) groups is 2. The van der Waals surface area contributed by atoms with Gasteiger partial charge in [0, 0.05) is 46.8 Å². The van der Waals surface area contributed by atoms with Gasteiger partial charge in [-0.2, -0.15) is 0 Å². The second-order valence-electron chi connectivity index (χ2n) is 17.1. The highest BCUT2D eigenvalue weighted by Gasteiger charge is 2.74. The molecule has 8 heteroatoms. The molecule has 1 heterocycles. The van der Waals surface area contributed by atoms with Gasteiger partial charge in [-0.3, -0.25) is 4.79 Å². The topological polar surface area (TPSA) is 99.1 Å². The lowest BCUT2D eigenvalue weighted by atomic mass is 9.32. The van der Waals surface area contributed by atoms with Crippen molar-refractivity contribution in [3.8, 4) is 0 Å². The van der Waals surface area contributed by atoms with Gasteiger partial charge in [0.2, 0.25) is 0 Å². The summed E-state index contributed by atoms with van der Waals surface area (Å²) >= 11 is 1.56. The molecule has 6 aliphatic rings. The van der Waals surface area contributed by atoms with E-state index in [1.165, 1.54) is 0 Å². The van der Waals surface area contributed by atoms with E-state index in [9.17, 15) is 15.0 Å². The fourth-order valence-corrected chi connectivity index (χ4v) is 12.9. The summed E-state index contributed by atoms with van der Waals surface area (Å²) in [5.41, 5.74) is -0.827. The van der Waals surface area contributed by atoms with E-state index in [4.69, 9.17) is 4.74 Å². The Hall–Kier alpha value is -3.30. The van der Waals surface area contributed by atoms with E-state index in [2.05, 4.69) is 49.5 Å². The second kappa shape index (κ2) is 12.9. The summed E-state index contributed by atoms with van der Waals surface area (Å²) in [7, 11) is 1.67. The molecule has 0 radical (unpaired) electrons. The second-order valence-corrected chi connectivity index (χ2v) is 18.2. The lowest BCUT2D eigenvalue weighted by Crippen LogP contribution is -2.67. The highest BCUT2D eigenvalue weighted by molar-refractivity contribution is 7.21. The van der Waals surface area contributed by atoms with Crippen LogP contribution in [0.5, 0.6) is 0 Å². The molecule has 0 aliphatic heterocycles. The molecule has 3 aromatic rings. The minimum atomic E-state index is -1.15. The SMILES string of the molecule is COCCCN(CC1(O)CCC2C34C=CC5(C=C3C(=O)c3cc6ccccc6s3)CC(O)CCC5(C)C4CCC21C)C(=O)NC(C)c1ccccc1. The molecule has 9 atom stereocenters. The summed E-state index contributed by atoms with van der Waals surface area (Å²) in [4.78, 5) is 31.7. The third-order valence-corrected chi connectivity index (χ3v) is 15.9. The number of ketones is 1. The number of hydrogen-bond acceptors (Lipinski definition) is 6. The normalized spacial score (nSPS) is 36.4. The van der Waals surface area contributed by atoms with Crippen LogP contribution < -0.4 is 5.32 Å². The Bertz CT molecular complexity index is 1890. The van der Waals surface area contributed by atoms with Crippen molar-refractivity contribution < 1.29 is 24.5 Å². The van der Waals surface area contributed by atoms with E-state index in [-0.39, 0.29) is 47.1 Å². The van der Waals surface area contributed by atoms with E-state index in [0.717, 1.165) is 58.2 Å². The van der Waals surface area contributed by atoms with Crippen LogP contribution in [0.15, 0.2) is 84.5 Å². The first-order valence-electron chi connectivity index (χ1n) is 19.4. The van der Waals surface area contributed by atoms with Gasteiger partial charge in [-0.1, -0.05) is 80.6 Å². The first kappa shape index (κ1) is 35.7. The molecular formula is C44H54N2O5S. The molecule has 2 bridgehead atoms. The third kappa shape index (κ3) is 5.22. The minimum Gasteiger partial charge on any atom is -0.393 e. The van der Waals surface area contributed by atoms with E-state index in [0.29, 0.717) is 32.4 Å². The fraction of sp³-hybridized carbons (Fsp3) is 0.545. The minimum absolute atomic E-state index is 0.0127. The monoisotopic (exact) mass is 722 g/mol. The third-order valence-electron chi connectivity index (χ3n) is 14.8. The van der Waals surface area contributed by atoms with Crippen LogP contribution in [0.2, 0.25) is 0 Å². The Kier molecular flexibility index (Phi) is 8.88. The number of hydrogen-bond donors (Lipinski definition) is 3. The van der Waals surface area contributed by atoms with Gasteiger partial charge >= 0.3 is 6.03 Å². The standard InChI is InChI=1S/C44H54N2O5S/c1-29(30-11-6-5-7-12-30)45-39(49)46(23-10-24-51-4)28-43(50)20-17-37-41(43,3)19-16-36-40(2)18-15-32(47)26-42(40)21-22-44(36,37)33(27-42)38(48)35-25-31-13-8-9-14-34(31)52-35/h5-9,11-14,21-22,25,27,29,32,36-37,47,50H,10,15-20,23-24,26,28H2,1-4H3,(H,45,49). The van der Waals surface area contributed by atoms with Crippen LogP contribution in [0.25, 0.3) is 10.1 Å². The molecular weight excluding hydrogens is 669 g/mol. The number of nitrogens with one attached hydrogen (secondary N) is 1. The number of carbonyl (C=O) groups excluding carboxylic acids is 2. The molecule has 7 nitrogen and oxygen atoms in total. The molecule has 2 spiro atoms. The van der Waals surface area contributed by atoms with Crippen molar-refractivity contribution in [1.29, 1.82) is 0 Å². The van der Waals surface area contributed by atoms with Gasteiger partial charge in [0.25, 0.3) is 0 Å². The highest BCUT2D eigenvalue weighted by atomic mass is 32.1. The number of aliphatic hydroxyl groups is 2. The zero-order chi connectivity index (χ0) is 36.5. The number of ether oxygens (including phenoxy) is 1. The molecule has 276 valence electrons. The Balaban J connectivity index is 1.17. The van der Waals surface area contributed by atoms with Crippen LogP contribution in [0.3, 0.4) is 0 Å². The van der Waals surface area contributed by atoms with Crippen LogP contribution in [-0.4, -0.2) is 65.4 Å². The zero-order valence-corrected chi connectivity index (χ0v) is 31.9. The van der Waals surface area contributed by atoms with Crippen LogP contribution >= 0.6 is 11.3 Å². The summed E-state index contributed by atoms with van der Waals surface area (Å²) in [5, 5.41) is 28.4. The molecule has 3 saturated carbocycles. The van der Waals surface area contributed by atoms with Crippen molar-refractivity contribution in [3.63, 3.8) is 0 Å². The van der Waals surface area contributed by atoms with Crippen molar-refractivity contribution in [3.05, 3.63) is 94.9 Å². The van der Waals surface area contributed by atoms with Gasteiger partial charge < -0.3 is 25.2 Å². The van der Waals surface area contributed by atoms with Crippen LogP contribution in [0.4, 0.5) is 4.79 Å². The number of urea groups is 1. The largest absolute Gasteiger partial charge is 0.393 e. The molecule has 0 saturated heterocycles. The van der Waals surface area contributed by atoms with Crippen molar-refractivity contribution in [1.82, 2.24) is 10.2 Å². The summed E-state index contributed by atoms with van der Waals surface area (Å²) in [6.45, 7) is 7.86. The number of fused-ring (bicyclic) bond motifs is 2. The lowest BCUT2D eigenvalue weighted by Gasteiger charge is -2.71.